The lowest BCUT2D eigenvalue weighted by atomic mass is 10.4. The molecular formula is C7H10N6O4S. The van der Waals surface area contributed by atoms with Gasteiger partial charge in [-0.05, 0) is 10.4 Å². The number of urea groups is 1. The molecule has 0 aliphatic rings. The molecule has 0 aromatic carbocycles. The van der Waals surface area contributed by atoms with Crippen molar-refractivity contribution in [2.24, 2.45) is 5.73 Å². The topological polar surface area (TPSA) is 153 Å². The third-order valence-corrected chi connectivity index (χ3v) is 2.57. The van der Waals surface area contributed by atoms with E-state index in [1.807, 2.05) is 5.32 Å². The fraction of sp³-hybridized carbons (Fsp3) is 0.429. The average molecular weight is 274 g/mol. The number of carbonyl (C=O) groups excluding carboxylic acids is 2. The zero-order valence-electron chi connectivity index (χ0n) is 9.07. The van der Waals surface area contributed by atoms with Gasteiger partial charge in [-0.25, -0.2) is 9.48 Å². The Hall–Kier alpha value is -2.17. The number of nitrogens with zero attached hydrogens (tertiary/aromatic N) is 4. The molecule has 0 unspecified atom stereocenters. The van der Waals surface area contributed by atoms with Crippen LogP contribution in [-0.2, 0) is 16.1 Å². The van der Waals surface area contributed by atoms with Crippen molar-refractivity contribution in [3.8, 4) is 0 Å². The first-order chi connectivity index (χ1) is 8.49. The predicted molar refractivity (Wildman–Crippen MR) is 58.5 cm³/mol. The van der Waals surface area contributed by atoms with Gasteiger partial charge >= 0.3 is 12.0 Å². The summed E-state index contributed by atoms with van der Waals surface area (Å²) in [7, 11) is 0. The van der Waals surface area contributed by atoms with Crippen LogP contribution >= 0.6 is 11.8 Å². The minimum absolute atomic E-state index is 0.0353. The molecule has 0 aliphatic carbocycles. The van der Waals surface area contributed by atoms with Crippen molar-refractivity contribution in [3.05, 3.63) is 0 Å². The molecule has 10 nitrogen and oxygen atoms in total. The van der Waals surface area contributed by atoms with E-state index in [0.717, 1.165) is 16.4 Å². The Bertz CT molecular complexity index is 461. The monoisotopic (exact) mass is 274 g/mol. The van der Waals surface area contributed by atoms with Gasteiger partial charge in [-0.1, -0.05) is 11.8 Å². The maximum Gasteiger partial charge on any atom is 0.325 e. The van der Waals surface area contributed by atoms with Gasteiger partial charge in [0.2, 0.25) is 11.1 Å². The number of carboxylic acids is 1. The normalized spacial score (nSPS) is 10.0. The smallest absolute Gasteiger partial charge is 0.325 e. The number of hydrogen-bond donors (Lipinski definition) is 3. The van der Waals surface area contributed by atoms with Crippen LogP contribution in [-0.4, -0.2) is 49.0 Å². The highest BCUT2D eigenvalue weighted by molar-refractivity contribution is 7.99. The number of carboxylic acid groups (broad SMARTS) is 1. The van der Waals surface area contributed by atoms with Crippen molar-refractivity contribution in [1.82, 2.24) is 25.5 Å². The second kappa shape index (κ2) is 6.54. The van der Waals surface area contributed by atoms with Crippen LogP contribution in [0.2, 0.25) is 0 Å². The van der Waals surface area contributed by atoms with Gasteiger partial charge in [0.25, 0.3) is 0 Å². The van der Waals surface area contributed by atoms with Crippen LogP contribution in [0.4, 0.5) is 4.79 Å². The maximum absolute atomic E-state index is 11.1. The van der Waals surface area contributed by atoms with Crippen LogP contribution in [0.25, 0.3) is 0 Å². The standard InChI is InChI=1S/C7H10N6O4S/c8-6(17)9-4(14)1-2-18-7-10-11-12-13(7)3-5(15)16/h1-3H2,(H,15,16)(H3,8,9,14,17). The molecule has 1 aromatic rings. The van der Waals surface area contributed by atoms with E-state index in [1.165, 1.54) is 0 Å². The highest BCUT2D eigenvalue weighted by Gasteiger charge is 2.11. The van der Waals surface area contributed by atoms with E-state index in [9.17, 15) is 14.4 Å². The third-order valence-electron chi connectivity index (χ3n) is 1.61. The Morgan fingerprint density at radius 1 is 1.44 bits per heavy atom. The van der Waals surface area contributed by atoms with E-state index in [2.05, 4.69) is 15.5 Å². The number of tetrazole rings is 1. The van der Waals surface area contributed by atoms with Crippen LogP contribution in [0.15, 0.2) is 5.16 Å². The molecule has 1 heterocycles. The molecule has 0 spiro atoms. The predicted octanol–water partition coefficient (Wildman–Crippen LogP) is -1.57. The number of nitrogens with two attached hydrogens (primary N) is 1. The Morgan fingerprint density at radius 2 is 2.17 bits per heavy atom. The SMILES string of the molecule is NC(=O)NC(=O)CCSc1nnnn1CC(=O)O. The van der Waals surface area contributed by atoms with Crippen molar-refractivity contribution in [2.75, 3.05) is 5.75 Å². The number of thioether (sulfide) groups is 1. The van der Waals surface area contributed by atoms with Crippen LogP contribution in [0.3, 0.4) is 0 Å². The highest BCUT2D eigenvalue weighted by Crippen LogP contribution is 2.14. The largest absolute Gasteiger partial charge is 0.480 e. The summed E-state index contributed by atoms with van der Waals surface area (Å²) in [6.45, 7) is -0.358. The summed E-state index contributed by atoms with van der Waals surface area (Å²) < 4.78 is 1.10. The average Bonchev–Trinajstić information content (AvgIpc) is 2.63. The third kappa shape index (κ3) is 4.78. The van der Waals surface area contributed by atoms with Crippen LogP contribution in [0.5, 0.6) is 0 Å². The minimum atomic E-state index is -1.07. The van der Waals surface area contributed by atoms with Gasteiger partial charge in [-0.15, -0.1) is 5.10 Å². The highest BCUT2D eigenvalue weighted by atomic mass is 32.2. The van der Waals surface area contributed by atoms with Crippen molar-refractivity contribution in [3.63, 3.8) is 0 Å². The van der Waals surface area contributed by atoms with E-state index >= 15 is 0 Å². The second-order valence-electron chi connectivity index (χ2n) is 3.02. The van der Waals surface area contributed by atoms with Gasteiger partial charge in [-0.2, -0.15) is 0 Å². The summed E-state index contributed by atoms with van der Waals surface area (Å²) in [6.07, 6.45) is 0.0353. The van der Waals surface area contributed by atoms with Gasteiger partial charge in [0.15, 0.2) is 0 Å². The van der Waals surface area contributed by atoms with E-state index in [4.69, 9.17) is 10.8 Å². The summed E-state index contributed by atoms with van der Waals surface area (Å²) in [6, 6.07) is -0.916. The lowest BCUT2D eigenvalue weighted by Gasteiger charge is -2.01. The van der Waals surface area contributed by atoms with E-state index < -0.39 is 17.9 Å². The Labute approximate surface area is 105 Å². The number of carbonyl (C=O) groups is 3. The molecule has 1 aromatic heterocycles. The Balaban J connectivity index is 2.39. The van der Waals surface area contributed by atoms with Crippen molar-refractivity contribution in [2.45, 2.75) is 18.1 Å². The van der Waals surface area contributed by atoms with Crippen molar-refractivity contribution < 1.29 is 19.5 Å². The lowest BCUT2D eigenvalue weighted by molar-refractivity contribution is -0.138. The molecule has 98 valence electrons. The number of rotatable bonds is 6. The molecule has 0 bridgehead atoms. The van der Waals surface area contributed by atoms with Crippen LogP contribution in [0, 0.1) is 0 Å². The molecule has 3 amide bonds. The van der Waals surface area contributed by atoms with Gasteiger partial charge in [0.05, 0.1) is 0 Å². The molecule has 0 radical (unpaired) electrons. The van der Waals surface area contributed by atoms with Gasteiger partial charge in [0.1, 0.15) is 6.54 Å². The molecule has 4 N–H and O–H groups in total. The lowest BCUT2D eigenvalue weighted by Crippen LogP contribution is -2.35. The molecular weight excluding hydrogens is 264 g/mol. The first kappa shape index (κ1) is 13.9. The fourth-order valence-corrected chi connectivity index (χ4v) is 1.78. The number of hydrogen-bond acceptors (Lipinski definition) is 7. The van der Waals surface area contributed by atoms with Gasteiger partial charge in [-0.3, -0.25) is 14.9 Å². The number of imide groups is 1. The molecule has 11 heteroatoms. The first-order valence-corrected chi connectivity index (χ1v) is 5.67. The second-order valence-corrected chi connectivity index (χ2v) is 4.09. The number of aromatic nitrogens is 4. The molecule has 0 atom stereocenters. The zero-order chi connectivity index (χ0) is 13.5. The summed E-state index contributed by atoms with van der Waals surface area (Å²) in [5.74, 6) is -1.30. The number of amides is 3. The molecule has 1 rings (SSSR count). The van der Waals surface area contributed by atoms with Crippen LogP contribution < -0.4 is 11.1 Å². The van der Waals surface area contributed by atoms with Crippen molar-refractivity contribution in [1.29, 1.82) is 0 Å². The summed E-state index contributed by atoms with van der Waals surface area (Å²) in [5.41, 5.74) is 4.76. The fourth-order valence-electron chi connectivity index (χ4n) is 0.962. The molecule has 18 heavy (non-hydrogen) atoms. The molecule has 0 aliphatic heterocycles. The minimum Gasteiger partial charge on any atom is -0.480 e. The van der Waals surface area contributed by atoms with Gasteiger partial charge < -0.3 is 10.8 Å². The zero-order valence-corrected chi connectivity index (χ0v) is 9.88. The quantitative estimate of drug-likeness (QED) is 0.526. The van der Waals surface area contributed by atoms with Crippen LogP contribution in [0.1, 0.15) is 6.42 Å². The number of nitrogens with one attached hydrogen (secondary N) is 1. The van der Waals surface area contributed by atoms with E-state index in [0.29, 0.717) is 5.75 Å². The molecule has 0 saturated carbocycles. The Morgan fingerprint density at radius 3 is 2.78 bits per heavy atom. The van der Waals surface area contributed by atoms with E-state index in [-0.39, 0.29) is 18.1 Å². The Kier molecular flexibility index (Phi) is 5.05. The van der Waals surface area contributed by atoms with Crippen molar-refractivity contribution >= 4 is 29.7 Å². The maximum atomic E-state index is 11.1. The van der Waals surface area contributed by atoms with Gasteiger partial charge in [0, 0.05) is 12.2 Å². The number of aliphatic carboxylic acids is 1. The summed E-state index contributed by atoms with van der Waals surface area (Å²) in [5, 5.41) is 21.2. The number of primary amides is 1. The first-order valence-electron chi connectivity index (χ1n) is 4.69. The van der Waals surface area contributed by atoms with E-state index in [1.54, 1.807) is 0 Å². The summed E-state index contributed by atoms with van der Waals surface area (Å²) >= 11 is 1.10. The summed E-state index contributed by atoms with van der Waals surface area (Å²) in [4.78, 5) is 31.9. The molecule has 0 fully saturated rings. The molecule has 0 saturated heterocycles.